The van der Waals surface area contributed by atoms with Gasteiger partial charge in [0.2, 0.25) is 11.9 Å². The Bertz CT molecular complexity index is 1150. The fourth-order valence-electron chi connectivity index (χ4n) is 3.79. The molecule has 2 aromatic heterocycles. The van der Waals surface area contributed by atoms with Crippen LogP contribution in [0.1, 0.15) is 5.56 Å². The van der Waals surface area contributed by atoms with Gasteiger partial charge in [0.15, 0.2) is 5.11 Å². The molecule has 3 N–H and O–H groups in total. The zero-order valence-electron chi connectivity index (χ0n) is 17.2. The number of nitrogens with one attached hydrogen (secondary N) is 1. The first-order valence-electron chi connectivity index (χ1n) is 10.2. The average molecular weight is 453 g/mol. The molecule has 32 heavy (non-hydrogen) atoms. The van der Waals surface area contributed by atoms with Gasteiger partial charge in [-0.2, -0.15) is 4.98 Å². The molecule has 11 heteroatoms. The lowest BCUT2D eigenvalue weighted by molar-refractivity contribution is 0.122. The SMILES string of the molecule is Nc1ncc(-c2nc(N3CCOCC3)nc3c2CCN3C(=S)Nc2ccccc2F)cn1. The molecule has 9 nitrogen and oxygen atoms in total. The first-order chi connectivity index (χ1) is 15.6. The smallest absolute Gasteiger partial charge is 0.228 e. The maximum absolute atomic E-state index is 14.1. The van der Waals surface area contributed by atoms with Gasteiger partial charge in [0, 0.05) is 43.2 Å². The minimum Gasteiger partial charge on any atom is -0.378 e. The van der Waals surface area contributed by atoms with Gasteiger partial charge in [0.25, 0.3) is 0 Å². The molecule has 0 atom stereocenters. The Balaban J connectivity index is 1.54. The van der Waals surface area contributed by atoms with Gasteiger partial charge in [-0.05, 0) is 30.8 Å². The van der Waals surface area contributed by atoms with E-state index in [9.17, 15) is 4.39 Å². The van der Waals surface area contributed by atoms with Crippen LogP contribution in [0.15, 0.2) is 36.7 Å². The molecule has 0 amide bonds. The number of nitrogen functional groups attached to an aromatic ring is 1. The summed E-state index contributed by atoms with van der Waals surface area (Å²) in [5, 5.41) is 3.38. The predicted molar refractivity (Wildman–Crippen MR) is 124 cm³/mol. The molecule has 2 aliphatic rings. The van der Waals surface area contributed by atoms with E-state index in [2.05, 4.69) is 20.2 Å². The molecule has 1 saturated heterocycles. The van der Waals surface area contributed by atoms with E-state index in [-0.39, 0.29) is 11.8 Å². The molecule has 0 unspecified atom stereocenters. The molecule has 5 rings (SSSR count). The first kappa shape index (κ1) is 20.5. The minimum atomic E-state index is -0.370. The maximum Gasteiger partial charge on any atom is 0.228 e. The lowest BCUT2D eigenvalue weighted by atomic mass is 10.1. The summed E-state index contributed by atoms with van der Waals surface area (Å²) in [5.74, 6) is 1.11. The van der Waals surface area contributed by atoms with Crippen LogP contribution in [0.4, 0.5) is 27.8 Å². The average Bonchev–Trinajstić information content (AvgIpc) is 3.25. The summed E-state index contributed by atoms with van der Waals surface area (Å²) >= 11 is 5.62. The van der Waals surface area contributed by atoms with Gasteiger partial charge in [-0.3, -0.25) is 0 Å². The number of hydrogen-bond acceptors (Lipinski definition) is 8. The first-order valence-corrected chi connectivity index (χ1v) is 10.7. The van der Waals surface area contributed by atoms with E-state index in [1.165, 1.54) is 6.07 Å². The molecule has 2 aliphatic heterocycles. The Hall–Kier alpha value is -3.44. The predicted octanol–water partition coefficient (Wildman–Crippen LogP) is 2.25. The van der Waals surface area contributed by atoms with Crippen LogP contribution in [0.25, 0.3) is 11.3 Å². The third-order valence-corrected chi connectivity index (χ3v) is 5.74. The number of ether oxygens (including phenoxy) is 1. The van der Waals surface area contributed by atoms with Crippen molar-refractivity contribution in [3.63, 3.8) is 0 Å². The van der Waals surface area contributed by atoms with Gasteiger partial charge in [-0.25, -0.2) is 19.3 Å². The van der Waals surface area contributed by atoms with E-state index < -0.39 is 0 Å². The Labute approximate surface area is 189 Å². The summed E-state index contributed by atoms with van der Waals surface area (Å²) in [6.45, 7) is 3.19. The highest BCUT2D eigenvalue weighted by molar-refractivity contribution is 7.80. The highest BCUT2D eigenvalue weighted by atomic mass is 32.1. The van der Waals surface area contributed by atoms with Gasteiger partial charge < -0.3 is 25.6 Å². The zero-order valence-corrected chi connectivity index (χ0v) is 18.0. The lowest BCUT2D eigenvalue weighted by Crippen LogP contribution is -2.38. The van der Waals surface area contributed by atoms with Crippen molar-refractivity contribution in [1.82, 2.24) is 19.9 Å². The van der Waals surface area contributed by atoms with E-state index in [4.69, 9.17) is 32.7 Å². The van der Waals surface area contributed by atoms with Gasteiger partial charge in [-0.1, -0.05) is 12.1 Å². The van der Waals surface area contributed by atoms with Gasteiger partial charge in [0.05, 0.1) is 24.6 Å². The van der Waals surface area contributed by atoms with Crippen LogP contribution in [-0.2, 0) is 11.2 Å². The number of fused-ring (bicyclic) bond motifs is 1. The number of aromatic nitrogens is 4. The summed E-state index contributed by atoms with van der Waals surface area (Å²) in [4.78, 5) is 21.9. The molecule has 1 aromatic carbocycles. The minimum absolute atomic E-state index is 0.199. The van der Waals surface area contributed by atoms with Crippen LogP contribution in [-0.4, -0.2) is 57.9 Å². The normalized spacial score (nSPS) is 15.5. The fraction of sp³-hybridized carbons (Fsp3) is 0.286. The van der Waals surface area contributed by atoms with Crippen LogP contribution in [0, 0.1) is 5.82 Å². The van der Waals surface area contributed by atoms with Gasteiger partial charge >= 0.3 is 0 Å². The maximum atomic E-state index is 14.1. The Morgan fingerprint density at radius 3 is 2.59 bits per heavy atom. The molecular weight excluding hydrogens is 431 g/mol. The van der Waals surface area contributed by atoms with Crippen molar-refractivity contribution >= 4 is 40.7 Å². The molecule has 1 fully saturated rings. The van der Waals surface area contributed by atoms with Crippen LogP contribution in [0.3, 0.4) is 0 Å². The van der Waals surface area contributed by atoms with Crippen molar-refractivity contribution in [1.29, 1.82) is 0 Å². The summed E-state index contributed by atoms with van der Waals surface area (Å²) in [7, 11) is 0. The van der Waals surface area contributed by atoms with E-state index in [1.807, 2.05) is 4.90 Å². The van der Waals surface area contributed by atoms with Crippen molar-refractivity contribution in [2.45, 2.75) is 6.42 Å². The number of morpholine rings is 1. The number of halogens is 1. The van der Waals surface area contributed by atoms with E-state index in [0.29, 0.717) is 61.8 Å². The lowest BCUT2D eigenvalue weighted by Gasteiger charge is -2.28. The molecule has 0 radical (unpaired) electrons. The second kappa shape index (κ2) is 8.60. The van der Waals surface area contributed by atoms with Crippen LogP contribution in [0.2, 0.25) is 0 Å². The third kappa shape index (κ3) is 3.92. The van der Waals surface area contributed by atoms with Crippen molar-refractivity contribution in [2.75, 3.05) is 53.7 Å². The number of para-hydroxylation sites is 1. The van der Waals surface area contributed by atoms with Gasteiger partial charge in [0.1, 0.15) is 11.6 Å². The molecule has 0 bridgehead atoms. The second-order valence-corrected chi connectivity index (χ2v) is 7.80. The monoisotopic (exact) mass is 452 g/mol. The number of hydrogen-bond donors (Lipinski definition) is 2. The fourth-order valence-corrected chi connectivity index (χ4v) is 4.08. The quantitative estimate of drug-likeness (QED) is 0.575. The molecule has 0 spiro atoms. The molecular formula is C21H21FN8OS. The summed E-state index contributed by atoms with van der Waals surface area (Å²) in [6, 6.07) is 6.43. The molecule has 0 saturated carbocycles. The highest BCUT2D eigenvalue weighted by Crippen LogP contribution is 2.36. The number of nitrogens with zero attached hydrogens (tertiary/aromatic N) is 6. The summed E-state index contributed by atoms with van der Waals surface area (Å²) in [5.41, 5.74) is 8.42. The van der Waals surface area contributed by atoms with Crippen molar-refractivity contribution < 1.29 is 9.13 Å². The topological polar surface area (TPSA) is 105 Å². The largest absolute Gasteiger partial charge is 0.378 e. The number of thiocarbonyl (C=S) groups is 1. The summed E-state index contributed by atoms with van der Waals surface area (Å²) < 4.78 is 19.6. The number of nitrogens with two attached hydrogens (primary N) is 1. The van der Waals surface area contributed by atoms with E-state index >= 15 is 0 Å². The highest BCUT2D eigenvalue weighted by Gasteiger charge is 2.30. The Kier molecular flexibility index (Phi) is 5.50. The Morgan fingerprint density at radius 2 is 1.84 bits per heavy atom. The number of anilines is 4. The van der Waals surface area contributed by atoms with Crippen LogP contribution >= 0.6 is 12.2 Å². The Morgan fingerprint density at radius 1 is 1.09 bits per heavy atom. The van der Waals surface area contributed by atoms with E-state index in [0.717, 1.165) is 16.8 Å². The molecule has 3 aromatic rings. The van der Waals surface area contributed by atoms with Gasteiger partial charge in [-0.15, -0.1) is 0 Å². The van der Waals surface area contributed by atoms with Crippen molar-refractivity contribution in [3.05, 3.63) is 48.0 Å². The molecule has 0 aliphatic carbocycles. The number of rotatable bonds is 3. The van der Waals surface area contributed by atoms with Crippen LogP contribution < -0.4 is 20.9 Å². The number of benzene rings is 1. The zero-order chi connectivity index (χ0) is 22.1. The standard InChI is InChI=1S/C21H21FN8OS/c22-15-3-1-2-4-16(15)26-21(32)30-6-5-14-17(13-11-24-19(23)25-12-13)27-20(28-18(14)30)29-7-9-31-10-8-29/h1-4,11-12H,5-10H2,(H,26,32)(H2,23,24,25). The second-order valence-electron chi connectivity index (χ2n) is 7.42. The molecule has 164 valence electrons. The molecule has 4 heterocycles. The third-order valence-electron chi connectivity index (χ3n) is 5.41. The van der Waals surface area contributed by atoms with Crippen molar-refractivity contribution in [3.8, 4) is 11.3 Å². The van der Waals surface area contributed by atoms with E-state index in [1.54, 1.807) is 30.6 Å². The summed E-state index contributed by atoms with van der Waals surface area (Å²) in [6.07, 6.45) is 4.00. The van der Waals surface area contributed by atoms with Crippen LogP contribution in [0.5, 0.6) is 0 Å². The van der Waals surface area contributed by atoms with Crippen molar-refractivity contribution in [2.24, 2.45) is 0 Å².